The van der Waals surface area contributed by atoms with Crippen LogP contribution in [0.25, 0.3) is 10.2 Å². The van der Waals surface area contributed by atoms with E-state index in [1.807, 2.05) is 6.92 Å². The summed E-state index contributed by atoms with van der Waals surface area (Å²) in [6.07, 6.45) is 3.28. The van der Waals surface area contributed by atoms with Crippen molar-refractivity contribution >= 4 is 21.6 Å². The highest BCUT2D eigenvalue weighted by Crippen LogP contribution is 2.35. The number of hydrogen-bond acceptors (Lipinski definition) is 4. The highest BCUT2D eigenvalue weighted by Gasteiger charge is 2.23. The lowest BCUT2D eigenvalue weighted by Gasteiger charge is -2.17. The molecule has 3 rings (SSSR count). The van der Waals surface area contributed by atoms with Crippen molar-refractivity contribution in [1.29, 1.82) is 0 Å². The topological polar surface area (TPSA) is 57.8 Å². The first-order valence-corrected chi connectivity index (χ1v) is 8.19. The van der Waals surface area contributed by atoms with Crippen LogP contribution in [0.3, 0.4) is 0 Å². The van der Waals surface area contributed by atoms with Crippen LogP contribution in [0.1, 0.15) is 49.5 Å². The SMILES string of the molecule is CCN[C@H](C)c1nc2sc3c(c2c(=O)[nH]1)CC[C@@H](C)C3. The average molecular weight is 291 g/mol. The molecule has 0 unspecified atom stereocenters. The molecule has 0 spiro atoms. The van der Waals surface area contributed by atoms with E-state index in [1.165, 1.54) is 16.9 Å². The number of hydrogen-bond donors (Lipinski definition) is 2. The van der Waals surface area contributed by atoms with Gasteiger partial charge in [0.05, 0.1) is 11.4 Å². The largest absolute Gasteiger partial charge is 0.309 e. The Bertz CT molecular complexity index is 688. The van der Waals surface area contributed by atoms with Gasteiger partial charge in [-0.15, -0.1) is 11.3 Å². The van der Waals surface area contributed by atoms with Crippen LogP contribution in [0.2, 0.25) is 0 Å². The second kappa shape index (κ2) is 5.30. The maximum absolute atomic E-state index is 12.4. The molecule has 0 saturated heterocycles. The molecule has 2 atom stereocenters. The minimum atomic E-state index is 0.0295. The Labute approximate surface area is 122 Å². The third kappa shape index (κ3) is 2.29. The number of H-pyrrole nitrogens is 1. The van der Waals surface area contributed by atoms with Gasteiger partial charge in [-0.1, -0.05) is 13.8 Å². The molecule has 1 aliphatic carbocycles. The second-order valence-electron chi connectivity index (χ2n) is 5.76. The molecule has 2 aromatic rings. The molecule has 0 radical (unpaired) electrons. The summed E-state index contributed by atoms with van der Waals surface area (Å²) in [5.74, 6) is 1.46. The highest BCUT2D eigenvalue weighted by molar-refractivity contribution is 7.18. The van der Waals surface area contributed by atoms with E-state index in [-0.39, 0.29) is 11.6 Å². The lowest BCUT2D eigenvalue weighted by Crippen LogP contribution is -2.23. The van der Waals surface area contributed by atoms with E-state index < -0.39 is 0 Å². The summed E-state index contributed by atoms with van der Waals surface area (Å²) in [4.78, 5) is 22.3. The molecule has 5 heteroatoms. The second-order valence-corrected chi connectivity index (χ2v) is 6.85. The van der Waals surface area contributed by atoms with Crippen LogP contribution in [0.15, 0.2) is 4.79 Å². The fourth-order valence-electron chi connectivity index (χ4n) is 2.97. The van der Waals surface area contributed by atoms with Crippen LogP contribution in [0, 0.1) is 5.92 Å². The third-order valence-electron chi connectivity index (χ3n) is 4.10. The third-order valence-corrected chi connectivity index (χ3v) is 5.25. The first-order valence-electron chi connectivity index (χ1n) is 7.38. The van der Waals surface area contributed by atoms with Crippen LogP contribution in [0.5, 0.6) is 0 Å². The maximum Gasteiger partial charge on any atom is 0.259 e. The molecule has 108 valence electrons. The van der Waals surface area contributed by atoms with Gasteiger partial charge in [0, 0.05) is 4.88 Å². The predicted molar refractivity (Wildman–Crippen MR) is 83.5 cm³/mol. The zero-order valence-electron chi connectivity index (χ0n) is 12.2. The molecule has 0 aromatic carbocycles. The molecule has 2 heterocycles. The van der Waals surface area contributed by atoms with Crippen LogP contribution < -0.4 is 10.9 Å². The maximum atomic E-state index is 12.4. The standard InChI is InChI=1S/C15H21N3OS/c1-4-16-9(3)13-17-14(19)12-10-6-5-8(2)7-11(10)20-15(12)18-13/h8-9,16H,4-7H2,1-3H3,(H,17,18,19)/t8-,9-/m1/s1. The molecule has 1 aliphatic rings. The van der Waals surface area contributed by atoms with Crippen molar-refractivity contribution in [3.05, 3.63) is 26.6 Å². The monoisotopic (exact) mass is 291 g/mol. The van der Waals surface area contributed by atoms with Gasteiger partial charge in [0.2, 0.25) is 0 Å². The summed E-state index contributed by atoms with van der Waals surface area (Å²) < 4.78 is 0. The number of thiophene rings is 1. The van der Waals surface area contributed by atoms with Gasteiger partial charge in [-0.3, -0.25) is 4.79 Å². The smallest absolute Gasteiger partial charge is 0.259 e. The summed E-state index contributed by atoms with van der Waals surface area (Å²) in [6.45, 7) is 7.23. The number of rotatable bonds is 3. The average Bonchev–Trinajstić information content (AvgIpc) is 2.76. The molecule has 0 aliphatic heterocycles. The molecule has 2 aromatic heterocycles. The fraction of sp³-hybridized carbons (Fsp3) is 0.600. The highest BCUT2D eigenvalue weighted by atomic mass is 32.1. The van der Waals surface area contributed by atoms with Crippen molar-refractivity contribution in [2.75, 3.05) is 6.54 Å². The van der Waals surface area contributed by atoms with Crippen molar-refractivity contribution < 1.29 is 0 Å². The number of nitrogens with zero attached hydrogens (tertiary/aromatic N) is 1. The van der Waals surface area contributed by atoms with E-state index in [9.17, 15) is 4.79 Å². The van der Waals surface area contributed by atoms with Gasteiger partial charge in [0.15, 0.2) is 0 Å². The van der Waals surface area contributed by atoms with Crippen LogP contribution in [0.4, 0.5) is 0 Å². The Balaban J connectivity index is 2.12. The zero-order chi connectivity index (χ0) is 14.3. The normalized spacial score (nSPS) is 20.1. The molecule has 4 nitrogen and oxygen atoms in total. The molecular weight excluding hydrogens is 270 g/mol. The van der Waals surface area contributed by atoms with E-state index in [2.05, 4.69) is 29.1 Å². The van der Waals surface area contributed by atoms with Crippen LogP contribution in [-0.4, -0.2) is 16.5 Å². The van der Waals surface area contributed by atoms with Gasteiger partial charge in [-0.05, 0) is 44.2 Å². The summed E-state index contributed by atoms with van der Waals surface area (Å²) in [6, 6.07) is 0.0788. The number of aromatic amines is 1. The molecule has 0 bridgehead atoms. The van der Waals surface area contributed by atoms with E-state index in [1.54, 1.807) is 11.3 Å². The van der Waals surface area contributed by atoms with E-state index in [0.717, 1.165) is 41.3 Å². The molecule has 20 heavy (non-hydrogen) atoms. The number of aryl methyl sites for hydroxylation is 1. The molecular formula is C15H21N3OS. The number of aromatic nitrogens is 2. The lowest BCUT2D eigenvalue weighted by molar-refractivity contribution is 0.509. The summed E-state index contributed by atoms with van der Waals surface area (Å²) in [5, 5.41) is 4.13. The Hall–Kier alpha value is -1.20. The van der Waals surface area contributed by atoms with E-state index in [4.69, 9.17) is 0 Å². The zero-order valence-corrected chi connectivity index (χ0v) is 13.1. The number of fused-ring (bicyclic) bond motifs is 3. The minimum absolute atomic E-state index is 0.0295. The Morgan fingerprint density at radius 1 is 1.55 bits per heavy atom. The van der Waals surface area contributed by atoms with Crippen molar-refractivity contribution in [2.24, 2.45) is 5.92 Å². The van der Waals surface area contributed by atoms with E-state index >= 15 is 0 Å². The Kier molecular flexibility index (Phi) is 3.65. The van der Waals surface area contributed by atoms with Crippen molar-refractivity contribution in [3.63, 3.8) is 0 Å². The van der Waals surface area contributed by atoms with Crippen LogP contribution in [-0.2, 0) is 12.8 Å². The Morgan fingerprint density at radius 3 is 3.10 bits per heavy atom. The van der Waals surface area contributed by atoms with Gasteiger partial charge < -0.3 is 10.3 Å². The molecule has 2 N–H and O–H groups in total. The van der Waals surface area contributed by atoms with Gasteiger partial charge in [0.1, 0.15) is 10.7 Å². The molecule has 0 amide bonds. The van der Waals surface area contributed by atoms with Crippen LogP contribution >= 0.6 is 11.3 Å². The minimum Gasteiger partial charge on any atom is -0.309 e. The predicted octanol–water partition coefficient (Wildman–Crippen LogP) is 2.78. The number of nitrogens with one attached hydrogen (secondary N) is 2. The quantitative estimate of drug-likeness (QED) is 0.914. The molecule has 0 fully saturated rings. The lowest BCUT2D eigenvalue weighted by atomic mass is 9.89. The van der Waals surface area contributed by atoms with Crippen molar-refractivity contribution in [2.45, 2.75) is 46.1 Å². The van der Waals surface area contributed by atoms with Gasteiger partial charge in [-0.2, -0.15) is 0 Å². The van der Waals surface area contributed by atoms with Gasteiger partial charge in [0.25, 0.3) is 5.56 Å². The van der Waals surface area contributed by atoms with Gasteiger partial charge >= 0.3 is 0 Å². The fourth-order valence-corrected chi connectivity index (χ4v) is 4.36. The molecule has 0 saturated carbocycles. The van der Waals surface area contributed by atoms with Crippen molar-refractivity contribution in [3.8, 4) is 0 Å². The first-order chi connectivity index (χ1) is 9.60. The van der Waals surface area contributed by atoms with Gasteiger partial charge in [-0.25, -0.2) is 4.98 Å². The summed E-state index contributed by atoms with van der Waals surface area (Å²) in [5.41, 5.74) is 1.28. The summed E-state index contributed by atoms with van der Waals surface area (Å²) in [7, 11) is 0. The summed E-state index contributed by atoms with van der Waals surface area (Å²) >= 11 is 1.71. The Morgan fingerprint density at radius 2 is 2.35 bits per heavy atom. The van der Waals surface area contributed by atoms with Crippen molar-refractivity contribution in [1.82, 2.24) is 15.3 Å². The van der Waals surface area contributed by atoms with E-state index in [0.29, 0.717) is 0 Å². The first kappa shape index (κ1) is 13.8.